The molecule has 0 atom stereocenters. The van der Waals surface area contributed by atoms with Crippen LogP contribution in [0, 0.1) is 17.1 Å². The highest BCUT2D eigenvalue weighted by Crippen LogP contribution is 2.19. The molecule has 4 heteroatoms. The van der Waals surface area contributed by atoms with Crippen LogP contribution in [-0.2, 0) is 6.54 Å². The van der Waals surface area contributed by atoms with Gasteiger partial charge in [0.1, 0.15) is 11.9 Å². The Kier molecular flexibility index (Phi) is 3.54. The highest BCUT2D eigenvalue weighted by molar-refractivity contribution is 5.55. The number of pyridine rings is 1. The second kappa shape index (κ2) is 5.28. The maximum atomic E-state index is 13.5. The van der Waals surface area contributed by atoms with Gasteiger partial charge in [-0.3, -0.25) is 0 Å². The van der Waals surface area contributed by atoms with Crippen molar-refractivity contribution in [2.45, 2.75) is 6.54 Å². The van der Waals surface area contributed by atoms with Crippen molar-refractivity contribution in [2.75, 3.05) is 11.9 Å². The average Bonchev–Trinajstić information content (AvgIpc) is 2.41. The van der Waals surface area contributed by atoms with Crippen molar-refractivity contribution in [1.29, 1.82) is 5.26 Å². The molecule has 0 aliphatic rings. The molecule has 0 bridgehead atoms. The number of anilines is 1. The molecule has 0 fully saturated rings. The number of benzene rings is 1. The third-order valence-corrected chi connectivity index (χ3v) is 2.67. The first kappa shape index (κ1) is 12.1. The molecule has 1 heterocycles. The van der Waals surface area contributed by atoms with Gasteiger partial charge in [0, 0.05) is 25.4 Å². The number of rotatable bonds is 3. The third kappa shape index (κ3) is 2.46. The minimum absolute atomic E-state index is 0.244. The standard InChI is InChI=1S/C14H12FN3/c1-18(10-11-5-2-3-6-12(11)15)14-7-4-8-17-13(14)9-16/h2-8H,10H2,1H3. The van der Waals surface area contributed by atoms with E-state index < -0.39 is 0 Å². The Balaban J connectivity index is 2.26. The van der Waals surface area contributed by atoms with Crippen LogP contribution in [0.25, 0.3) is 0 Å². The predicted molar refractivity (Wildman–Crippen MR) is 67.5 cm³/mol. The van der Waals surface area contributed by atoms with E-state index in [9.17, 15) is 4.39 Å². The van der Waals surface area contributed by atoms with E-state index in [0.29, 0.717) is 23.5 Å². The lowest BCUT2D eigenvalue weighted by molar-refractivity contribution is 0.608. The highest BCUT2D eigenvalue weighted by Gasteiger charge is 2.10. The van der Waals surface area contributed by atoms with Gasteiger partial charge in [-0.05, 0) is 18.2 Å². The largest absolute Gasteiger partial charge is 0.368 e. The monoisotopic (exact) mass is 241 g/mol. The SMILES string of the molecule is CN(Cc1ccccc1F)c1cccnc1C#N. The molecule has 0 spiro atoms. The molecule has 90 valence electrons. The summed E-state index contributed by atoms with van der Waals surface area (Å²) in [4.78, 5) is 5.80. The smallest absolute Gasteiger partial charge is 0.163 e. The molecule has 0 saturated carbocycles. The number of hydrogen-bond donors (Lipinski definition) is 0. The Morgan fingerprint density at radius 2 is 2.06 bits per heavy atom. The Labute approximate surface area is 105 Å². The van der Waals surface area contributed by atoms with Gasteiger partial charge in [0.15, 0.2) is 5.69 Å². The molecule has 0 N–H and O–H groups in total. The van der Waals surface area contributed by atoms with Crippen molar-refractivity contribution in [1.82, 2.24) is 4.98 Å². The van der Waals surface area contributed by atoms with E-state index in [1.54, 1.807) is 36.5 Å². The fraction of sp³-hybridized carbons (Fsp3) is 0.143. The highest BCUT2D eigenvalue weighted by atomic mass is 19.1. The third-order valence-electron chi connectivity index (χ3n) is 2.67. The average molecular weight is 241 g/mol. The Morgan fingerprint density at radius 3 is 2.78 bits per heavy atom. The van der Waals surface area contributed by atoms with Gasteiger partial charge < -0.3 is 4.90 Å². The molecule has 1 aromatic carbocycles. The van der Waals surface area contributed by atoms with Gasteiger partial charge in [0.2, 0.25) is 0 Å². The van der Waals surface area contributed by atoms with E-state index in [1.807, 2.05) is 18.0 Å². The van der Waals surface area contributed by atoms with E-state index in [-0.39, 0.29) is 5.82 Å². The Bertz CT molecular complexity index is 590. The lowest BCUT2D eigenvalue weighted by Crippen LogP contribution is -2.18. The van der Waals surface area contributed by atoms with Crippen LogP contribution in [-0.4, -0.2) is 12.0 Å². The quantitative estimate of drug-likeness (QED) is 0.829. The number of nitrogens with zero attached hydrogens (tertiary/aromatic N) is 3. The lowest BCUT2D eigenvalue weighted by atomic mass is 10.2. The van der Waals surface area contributed by atoms with E-state index >= 15 is 0 Å². The fourth-order valence-electron chi connectivity index (χ4n) is 1.76. The van der Waals surface area contributed by atoms with E-state index in [4.69, 9.17) is 5.26 Å². The molecular formula is C14H12FN3. The summed E-state index contributed by atoms with van der Waals surface area (Å²) in [5, 5.41) is 8.97. The molecule has 0 unspecified atom stereocenters. The van der Waals surface area contributed by atoms with E-state index in [2.05, 4.69) is 4.98 Å². The van der Waals surface area contributed by atoms with Gasteiger partial charge in [0.05, 0.1) is 5.69 Å². The van der Waals surface area contributed by atoms with E-state index in [1.165, 1.54) is 6.07 Å². The molecule has 1 aromatic heterocycles. The summed E-state index contributed by atoms with van der Waals surface area (Å²) in [6, 6.07) is 12.2. The molecule has 0 aliphatic carbocycles. The van der Waals surface area contributed by atoms with Crippen molar-refractivity contribution < 1.29 is 4.39 Å². The van der Waals surface area contributed by atoms with Crippen LogP contribution in [0.2, 0.25) is 0 Å². The Hall–Kier alpha value is -2.41. The number of aromatic nitrogens is 1. The summed E-state index contributed by atoms with van der Waals surface area (Å²) >= 11 is 0. The minimum Gasteiger partial charge on any atom is -0.368 e. The van der Waals surface area contributed by atoms with Gasteiger partial charge in [-0.15, -0.1) is 0 Å². The number of hydrogen-bond acceptors (Lipinski definition) is 3. The van der Waals surface area contributed by atoms with Crippen molar-refractivity contribution in [3.05, 3.63) is 59.7 Å². The first-order valence-electron chi connectivity index (χ1n) is 5.52. The molecule has 0 radical (unpaired) electrons. The molecular weight excluding hydrogens is 229 g/mol. The molecule has 2 aromatic rings. The zero-order chi connectivity index (χ0) is 13.0. The van der Waals surface area contributed by atoms with Gasteiger partial charge in [0.25, 0.3) is 0 Å². The first-order valence-corrected chi connectivity index (χ1v) is 5.52. The molecule has 0 saturated heterocycles. The van der Waals surface area contributed by atoms with E-state index in [0.717, 1.165) is 0 Å². The van der Waals surface area contributed by atoms with Crippen LogP contribution >= 0.6 is 0 Å². The zero-order valence-corrected chi connectivity index (χ0v) is 9.97. The van der Waals surface area contributed by atoms with Crippen molar-refractivity contribution in [3.8, 4) is 6.07 Å². The van der Waals surface area contributed by atoms with Gasteiger partial charge in [-0.2, -0.15) is 5.26 Å². The van der Waals surface area contributed by atoms with Crippen molar-refractivity contribution in [2.24, 2.45) is 0 Å². The van der Waals surface area contributed by atoms with Crippen molar-refractivity contribution >= 4 is 5.69 Å². The molecule has 18 heavy (non-hydrogen) atoms. The second-order valence-electron chi connectivity index (χ2n) is 3.93. The summed E-state index contributed by atoms with van der Waals surface area (Å²) in [7, 11) is 1.81. The van der Waals surface area contributed by atoms with Crippen LogP contribution in [0.3, 0.4) is 0 Å². The fourth-order valence-corrected chi connectivity index (χ4v) is 1.76. The minimum atomic E-state index is -0.244. The predicted octanol–water partition coefficient (Wildman–Crippen LogP) is 2.73. The topological polar surface area (TPSA) is 39.9 Å². The molecule has 0 amide bonds. The summed E-state index contributed by atoms with van der Waals surface area (Å²) in [5.74, 6) is -0.244. The van der Waals surface area contributed by atoms with Crippen LogP contribution in [0.5, 0.6) is 0 Å². The van der Waals surface area contributed by atoms with Crippen LogP contribution in [0.15, 0.2) is 42.6 Å². The zero-order valence-electron chi connectivity index (χ0n) is 9.97. The van der Waals surface area contributed by atoms with Gasteiger partial charge in [-0.25, -0.2) is 9.37 Å². The summed E-state index contributed by atoms with van der Waals surface area (Å²) in [6.07, 6.45) is 1.57. The summed E-state index contributed by atoms with van der Waals surface area (Å²) in [5.41, 5.74) is 1.63. The first-order chi connectivity index (χ1) is 8.72. The van der Waals surface area contributed by atoms with Crippen molar-refractivity contribution in [3.63, 3.8) is 0 Å². The number of halogens is 1. The van der Waals surface area contributed by atoms with Crippen LogP contribution in [0.1, 0.15) is 11.3 Å². The van der Waals surface area contributed by atoms with Crippen LogP contribution < -0.4 is 4.90 Å². The van der Waals surface area contributed by atoms with Gasteiger partial charge in [-0.1, -0.05) is 18.2 Å². The van der Waals surface area contributed by atoms with Gasteiger partial charge >= 0.3 is 0 Å². The lowest BCUT2D eigenvalue weighted by Gasteiger charge is -2.20. The maximum absolute atomic E-state index is 13.5. The molecule has 0 aliphatic heterocycles. The van der Waals surface area contributed by atoms with Crippen LogP contribution in [0.4, 0.5) is 10.1 Å². The Morgan fingerprint density at radius 1 is 1.28 bits per heavy atom. The molecule has 2 rings (SSSR count). The maximum Gasteiger partial charge on any atom is 0.163 e. The summed E-state index contributed by atoms with van der Waals surface area (Å²) in [6.45, 7) is 0.396. The molecule has 3 nitrogen and oxygen atoms in total. The normalized spacial score (nSPS) is 9.83. The summed E-state index contributed by atoms with van der Waals surface area (Å²) < 4.78 is 13.5. The second-order valence-corrected chi connectivity index (χ2v) is 3.93. The number of nitriles is 1.